The average Bonchev–Trinajstić information content (AvgIpc) is 2.32. The molecule has 1 aliphatic carbocycles. The van der Waals surface area contributed by atoms with E-state index in [2.05, 4.69) is 0 Å². The monoisotopic (exact) mass is 274 g/mol. The summed E-state index contributed by atoms with van der Waals surface area (Å²) in [5.74, 6) is 0. The summed E-state index contributed by atoms with van der Waals surface area (Å²) in [6.07, 6.45) is 0.355. The van der Waals surface area contributed by atoms with Crippen molar-refractivity contribution < 1.29 is 21.5 Å². The van der Waals surface area contributed by atoms with Crippen LogP contribution in [0.25, 0.3) is 0 Å². The minimum Gasteiger partial charge on any atom is -0.264 e. The zero-order valence-electron chi connectivity index (χ0n) is 9.75. The molecule has 2 unspecified atom stereocenters. The molecule has 0 heterocycles. The van der Waals surface area contributed by atoms with Crippen LogP contribution in [0.2, 0.25) is 0 Å². The van der Waals surface area contributed by atoms with Crippen molar-refractivity contribution in [2.45, 2.75) is 37.5 Å². The lowest BCUT2D eigenvalue weighted by atomic mass is 9.78. The Hall–Kier alpha value is -0.980. The van der Waals surface area contributed by atoms with Crippen LogP contribution in [0.5, 0.6) is 0 Å². The minimum atomic E-state index is -4.70. The Kier molecular flexibility index (Phi) is 3.70. The summed E-state index contributed by atoms with van der Waals surface area (Å²) < 4.78 is 49.8. The Morgan fingerprint density at radius 2 is 1.94 bits per heavy atom. The van der Waals surface area contributed by atoms with Gasteiger partial charge in [-0.1, -0.05) is 36.8 Å². The summed E-state index contributed by atoms with van der Waals surface area (Å²) in [7, 11) is -4.70. The summed E-state index contributed by atoms with van der Waals surface area (Å²) in [6, 6.07) is 8.35. The van der Waals surface area contributed by atoms with Gasteiger partial charge in [0.05, 0.1) is 0 Å². The number of hydrogen-bond acceptors (Lipinski definition) is 3. The third kappa shape index (κ3) is 2.71. The molecule has 0 bridgehead atoms. The molecule has 4 nitrogen and oxygen atoms in total. The number of alkyl halides is 1. The third-order valence-electron chi connectivity index (χ3n) is 3.28. The molecule has 1 aromatic rings. The van der Waals surface area contributed by atoms with Crippen LogP contribution in [-0.4, -0.2) is 19.1 Å². The molecule has 2 rings (SSSR count). The lowest BCUT2D eigenvalue weighted by molar-refractivity contribution is -0.0481. The van der Waals surface area contributed by atoms with Crippen molar-refractivity contribution in [3.05, 3.63) is 35.9 Å². The normalized spacial score (nSPS) is 29.1. The second-order valence-corrected chi connectivity index (χ2v) is 5.50. The van der Waals surface area contributed by atoms with Crippen molar-refractivity contribution in [1.29, 1.82) is 0 Å². The van der Waals surface area contributed by atoms with Gasteiger partial charge in [-0.05, 0) is 24.8 Å². The number of hydrogen-bond donors (Lipinski definition) is 1. The first-order chi connectivity index (χ1) is 8.44. The molecule has 18 heavy (non-hydrogen) atoms. The van der Waals surface area contributed by atoms with E-state index in [0.717, 1.165) is 0 Å². The van der Waals surface area contributed by atoms with Gasteiger partial charge in [0.1, 0.15) is 11.8 Å². The molecule has 1 fully saturated rings. The zero-order chi connectivity index (χ0) is 13.2. The SMILES string of the molecule is O=S(=O)(O)OC1(c2ccccc2)CCCCC1F. The van der Waals surface area contributed by atoms with E-state index in [9.17, 15) is 12.8 Å². The Balaban J connectivity index is 2.45. The van der Waals surface area contributed by atoms with Crippen LogP contribution in [0.15, 0.2) is 30.3 Å². The van der Waals surface area contributed by atoms with Gasteiger partial charge >= 0.3 is 10.4 Å². The van der Waals surface area contributed by atoms with Gasteiger partial charge in [-0.3, -0.25) is 4.55 Å². The van der Waals surface area contributed by atoms with Gasteiger partial charge in [0.25, 0.3) is 0 Å². The largest absolute Gasteiger partial charge is 0.398 e. The number of halogens is 1. The molecule has 0 aromatic heterocycles. The van der Waals surface area contributed by atoms with E-state index in [1.807, 2.05) is 0 Å². The van der Waals surface area contributed by atoms with E-state index in [4.69, 9.17) is 8.74 Å². The van der Waals surface area contributed by atoms with Crippen LogP contribution < -0.4 is 0 Å². The molecule has 0 radical (unpaired) electrons. The summed E-state index contributed by atoms with van der Waals surface area (Å²) in [4.78, 5) is 0. The Morgan fingerprint density at radius 3 is 2.50 bits per heavy atom. The van der Waals surface area contributed by atoms with Gasteiger partial charge in [-0.2, -0.15) is 8.42 Å². The topological polar surface area (TPSA) is 63.6 Å². The summed E-state index contributed by atoms with van der Waals surface area (Å²) in [5, 5.41) is 0. The molecule has 0 aliphatic heterocycles. The predicted molar refractivity (Wildman–Crippen MR) is 64.1 cm³/mol. The number of benzene rings is 1. The Labute approximate surface area is 106 Å². The van der Waals surface area contributed by atoms with E-state index in [0.29, 0.717) is 18.4 Å². The molecule has 0 saturated heterocycles. The quantitative estimate of drug-likeness (QED) is 0.861. The van der Waals surface area contributed by atoms with Crippen molar-refractivity contribution in [2.24, 2.45) is 0 Å². The highest BCUT2D eigenvalue weighted by molar-refractivity contribution is 7.80. The van der Waals surface area contributed by atoms with Crippen LogP contribution in [0.4, 0.5) is 4.39 Å². The van der Waals surface area contributed by atoms with Gasteiger partial charge in [-0.25, -0.2) is 8.57 Å². The highest BCUT2D eigenvalue weighted by atomic mass is 32.3. The smallest absolute Gasteiger partial charge is 0.264 e. The first-order valence-corrected chi connectivity index (χ1v) is 7.18. The maximum absolute atomic E-state index is 14.2. The van der Waals surface area contributed by atoms with Crippen LogP contribution in [0.3, 0.4) is 0 Å². The maximum Gasteiger partial charge on any atom is 0.398 e. The second kappa shape index (κ2) is 4.95. The Bertz CT molecular complexity index is 502. The maximum atomic E-state index is 14.2. The standard InChI is InChI=1S/C12H15FO4S/c13-11-8-4-5-9-12(11,17-18(14,15)16)10-6-2-1-3-7-10/h1-3,6-7,11H,4-5,8-9H2,(H,14,15,16). The summed E-state index contributed by atoms with van der Waals surface area (Å²) in [6.45, 7) is 0. The molecule has 1 aromatic carbocycles. The molecule has 1 aliphatic rings. The lowest BCUT2D eigenvalue weighted by Crippen LogP contribution is -2.43. The van der Waals surface area contributed by atoms with Gasteiger partial charge < -0.3 is 0 Å². The highest BCUT2D eigenvalue weighted by Crippen LogP contribution is 2.43. The molecule has 1 N–H and O–H groups in total. The van der Waals surface area contributed by atoms with Crippen molar-refractivity contribution in [1.82, 2.24) is 0 Å². The van der Waals surface area contributed by atoms with Crippen molar-refractivity contribution in [2.75, 3.05) is 0 Å². The van der Waals surface area contributed by atoms with E-state index < -0.39 is 22.2 Å². The highest BCUT2D eigenvalue weighted by Gasteiger charge is 2.47. The van der Waals surface area contributed by atoms with Crippen LogP contribution in [-0.2, 0) is 20.2 Å². The van der Waals surface area contributed by atoms with E-state index in [1.165, 1.54) is 0 Å². The molecular weight excluding hydrogens is 259 g/mol. The lowest BCUT2D eigenvalue weighted by Gasteiger charge is -2.38. The minimum absolute atomic E-state index is 0.227. The molecule has 1 saturated carbocycles. The number of rotatable bonds is 3. The Morgan fingerprint density at radius 1 is 1.28 bits per heavy atom. The fraction of sp³-hybridized carbons (Fsp3) is 0.500. The fourth-order valence-corrected chi connectivity index (χ4v) is 3.14. The molecular formula is C12H15FO4S. The molecule has 6 heteroatoms. The van der Waals surface area contributed by atoms with Gasteiger partial charge in [-0.15, -0.1) is 0 Å². The van der Waals surface area contributed by atoms with Crippen LogP contribution in [0.1, 0.15) is 31.2 Å². The third-order valence-corrected chi connectivity index (χ3v) is 3.79. The first kappa shape index (κ1) is 13.5. The summed E-state index contributed by atoms with van der Waals surface area (Å²) in [5.41, 5.74) is -1.15. The molecule has 0 spiro atoms. The van der Waals surface area contributed by atoms with Crippen molar-refractivity contribution >= 4 is 10.4 Å². The molecule has 0 amide bonds. The molecule has 2 atom stereocenters. The summed E-state index contributed by atoms with van der Waals surface area (Å²) >= 11 is 0. The molecule has 100 valence electrons. The predicted octanol–water partition coefficient (Wildman–Crippen LogP) is 2.61. The van der Waals surface area contributed by atoms with Gasteiger partial charge in [0, 0.05) is 0 Å². The second-order valence-electron chi connectivity index (χ2n) is 4.48. The first-order valence-electron chi connectivity index (χ1n) is 5.82. The van der Waals surface area contributed by atoms with E-state index in [1.54, 1.807) is 30.3 Å². The van der Waals surface area contributed by atoms with Crippen molar-refractivity contribution in [3.63, 3.8) is 0 Å². The van der Waals surface area contributed by atoms with Crippen LogP contribution >= 0.6 is 0 Å². The van der Waals surface area contributed by atoms with E-state index >= 15 is 0 Å². The average molecular weight is 274 g/mol. The van der Waals surface area contributed by atoms with Crippen molar-refractivity contribution in [3.8, 4) is 0 Å². The van der Waals surface area contributed by atoms with Crippen LogP contribution in [0, 0.1) is 0 Å². The van der Waals surface area contributed by atoms with Gasteiger partial charge in [0.15, 0.2) is 0 Å². The fourth-order valence-electron chi connectivity index (χ4n) is 2.48. The van der Waals surface area contributed by atoms with Gasteiger partial charge in [0.2, 0.25) is 0 Å². The van der Waals surface area contributed by atoms with E-state index in [-0.39, 0.29) is 12.8 Å². The zero-order valence-corrected chi connectivity index (χ0v) is 10.6.